The molecule has 1 aliphatic rings. The lowest BCUT2D eigenvalue weighted by Gasteiger charge is -2.24. The fraction of sp³-hybridized carbons (Fsp3) is 0.214. The molecule has 0 radical (unpaired) electrons. The summed E-state index contributed by atoms with van der Waals surface area (Å²) in [5.41, 5.74) is 0.901. The van der Waals surface area contributed by atoms with Crippen molar-refractivity contribution in [1.82, 2.24) is 4.90 Å². The SMILES string of the molecule is O=C(c1ccco1)N1CCSC1c1ccc(Cl)cc1Cl. The molecule has 2 heterocycles. The Balaban J connectivity index is 1.91. The average molecular weight is 328 g/mol. The van der Waals surface area contributed by atoms with Gasteiger partial charge in [-0.15, -0.1) is 11.8 Å². The average Bonchev–Trinajstić information content (AvgIpc) is 3.09. The first-order chi connectivity index (χ1) is 9.66. The number of nitrogens with zero attached hydrogens (tertiary/aromatic N) is 1. The summed E-state index contributed by atoms with van der Waals surface area (Å²) in [4.78, 5) is 14.2. The van der Waals surface area contributed by atoms with E-state index in [1.807, 2.05) is 6.07 Å². The zero-order valence-electron chi connectivity index (χ0n) is 10.4. The molecule has 3 nitrogen and oxygen atoms in total. The third-order valence-corrected chi connectivity index (χ3v) is 4.92. The number of amides is 1. The largest absolute Gasteiger partial charge is 0.459 e. The first kappa shape index (κ1) is 13.9. The van der Waals surface area contributed by atoms with Crippen molar-refractivity contribution >= 4 is 40.9 Å². The first-order valence-corrected chi connectivity index (χ1v) is 7.88. The van der Waals surface area contributed by atoms with E-state index in [4.69, 9.17) is 27.6 Å². The zero-order valence-corrected chi connectivity index (χ0v) is 12.7. The van der Waals surface area contributed by atoms with Crippen LogP contribution in [-0.4, -0.2) is 23.1 Å². The molecule has 1 amide bonds. The van der Waals surface area contributed by atoms with Crippen molar-refractivity contribution in [3.8, 4) is 0 Å². The van der Waals surface area contributed by atoms with Crippen LogP contribution in [0.2, 0.25) is 10.0 Å². The molecule has 2 aromatic rings. The van der Waals surface area contributed by atoms with Gasteiger partial charge in [-0.1, -0.05) is 29.3 Å². The highest BCUT2D eigenvalue weighted by atomic mass is 35.5. The van der Waals surface area contributed by atoms with Gasteiger partial charge in [0.2, 0.25) is 0 Å². The van der Waals surface area contributed by atoms with Crippen LogP contribution < -0.4 is 0 Å². The van der Waals surface area contributed by atoms with Crippen molar-refractivity contribution in [1.29, 1.82) is 0 Å². The van der Waals surface area contributed by atoms with E-state index in [0.717, 1.165) is 11.3 Å². The molecular formula is C14H11Cl2NO2S. The molecule has 1 atom stereocenters. The van der Waals surface area contributed by atoms with Crippen molar-refractivity contribution < 1.29 is 9.21 Å². The second-order valence-corrected chi connectivity index (χ2v) is 6.40. The maximum absolute atomic E-state index is 12.4. The van der Waals surface area contributed by atoms with Gasteiger partial charge in [0, 0.05) is 27.9 Å². The molecule has 3 rings (SSSR count). The number of carbonyl (C=O) groups is 1. The quantitative estimate of drug-likeness (QED) is 0.815. The van der Waals surface area contributed by atoms with Gasteiger partial charge < -0.3 is 9.32 Å². The summed E-state index contributed by atoms with van der Waals surface area (Å²) >= 11 is 13.8. The second kappa shape index (κ2) is 5.72. The standard InChI is InChI=1S/C14H11Cl2NO2S/c15-9-3-4-10(11(16)8-9)14-17(5-7-20-14)13(18)12-2-1-6-19-12/h1-4,6,8,14H,5,7H2. The lowest BCUT2D eigenvalue weighted by Crippen LogP contribution is -2.30. The van der Waals surface area contributed by atoms with E-state index in [2.05, 4.69) is 0 Å². The molecule has 20 heavy (non-hydrogen) atoms. The zero-order chi connectivity index (χ0) is 14.1. The third kappa shape index (κ3) is 2.55. The number of furan rings is 1. The van der Waals surface area contributed by atoms with Crippen LogP contribution in [0.1, 0.15) is 21.5 Å². The van der Waals surface area contributed by atoms with Crippen LogP contribution in [0, 0.1) is 0 Å². The monoisotopic (exact) mass is 327 g/mol. The number of thioether (sulfide) groups is 1. The molecule has 1 aromatic carbocycles. The molecule has 6 heteroatoms. The van der Waals surface area contributed by atoms with Crippen LogP contribution in [0.15, 0.2) is 41.0 Å². The van der Waals surface area contributed by atoms with Crippen LogP contribution >= 0.6 is 35.0 Å². The number of hydrogen-bond donors (Lipinski definition) is 0. The molecule has 1 unspecified atom stereocenters. The van der Waals surface area contributed by atoms with E-state index in [-0.39, 0.29) is 11.3 Å². The Morgan fingerprint density at radius 1 is 1.35 bits per heavy atom. The number of halogens is 2. The minimum atomic E-state index is -0.115. The minimum Gasteiger partial charge on any atom is -0.459 e. The predicted molar refractivity (Wildman–Crippen MR) is 81.4 cm³/mol. The van der Waals surface area contributed by atoms with Gasteiger partial charge in [0.25, 0.3) is 5.91 Å². The maximum atomic E-state index is 12.4. The molecule has 0 bridgehead atoms. The Hall–Kier alpha value is -1.10. The molecule has 0 aliphatic carbocycles. The smallest absolute Gasteiger partial charge is 0.290 e. The van der Waals surface area contributed by atoms with E-state index >= 15 is 0 Å². The van der Waals surface area contributed by atoms with Crippen molar-refractivity contribution in [2.75, 3.05) is 12.3 Å². The van der Waals surface area contributed by atoms with Gasteiger partial charge >= 0.3 is 0 Å². The first-order valence-electron chi connectivity index (χ1n) is 6.08. The van der Waals surface area contributed by atoms with Crippen molar-refractivity contribution in [2.24, 2.45) is 0 Å². The highest BCUT2D eigenvalue weighted by Crippen LogP contribution is 2.42. The fourth-order valence-electron chi connectivity index (χ4n) is 2.18. The number of hydrogen-bond acceptors (Lipinski definition) is 3. The Bertz CT molecular complexity index is 630. The van der Waals surface area contributed by atoms with E-state index in [9.17, 15) is 4.79 Å². The highest BCUT2D eigenvalue weighted by molar-refractivity contribution is 7.99. The molecule has 1 aliphatic heterocycles. The van der Waals surface area contributed by atoms with Crippen LogP contribution in [-0.2, 0) is 0 Å². The summed E-state index contributed by atoms with van der Waals surface area (Å²) < 4.78 is 5.19. The van der Waals surface area contributed by atoms with E-state index in [1.54, 1.807) is 40.9 Å². The van der Waals surface area contributed by atoms with E-state index in [0.29, 0.717) is 22.4 Å². The van der Waals surface area contributed by atoms with E-state index < -0.39 is 0 Å². The minimum absolute atomic E-state index is 0.0997. The van der Waals surface area contributed by atoms with Crippen molar-refractivity contribution in [3.63, 3.8) is 0 Å². The maximum Gasteiger partial charge on any atom is 0.290 e. The highest BCUT2D eigenvalue weighted by Gasteiger charge is 2.33. The molecule has 104 valence electrons. The van der Waals surface area contributed by atoms with Gasteiger partial charge in [-0.25, -0.2) is 0 Å². The second-order valence-electron chi connectivity index (χ2n) is 4.36. The van der Waals surface area contributed by atoms with Crippen LogP contribution in [0.3, 0.4) is 0 Å². The van der Waals surface area contributed by atoms with Gasteiger partial charge in [-0.05, 0) is 24.3 Å². The Labute approximate surface area is 130 Å². The van der Waals surface area contributed by atoms with Crippen LogP contribution in [0.4, 0.5) is 0 Å². The summed E-state index contributed by atoms with van der Waals surface area (Å²) in [6, 6.07) is 8.74. The van der Waals surface area contributed by atoms with Crippen molar-refractivity contribution in [2.45, 2.75) is 5.37 Å². The summed E-state index contributed by atoms with van der Waals surface area (Å²) in [5, 5.41) is 1.07. The van der Waals surface area contributed by atoms with Gasteiger partial charge in [0.05, 0.1) is 6.26 Å². The summed E-state index contributed by atoms with van der Waals surface area (Å²) in [6.45, 7) is 0.674. The number of rotatable bonds is 2. The summed E-state index contributed by atoms with van der Waals surface area (Å²) in [6.07, 6.45) is 1.50. The van der Waals surface area contributed by atoms with Crippen molar-refractivity contribution in [3.05, 3.63) is 58.0 Å². The molecule has 0 spiro atoms. The predicted octanol–water partition coefficient (Wildman–Crippen LogP) is 4.47. The third-order valence-electron chi connectivity index (χ3n) is 3.11. The fourth-order valence-corrected chi connectivity index (χ4v) is 4.05. The molecule has 0 N–H and O–H groups in total. The molecule has 1 fully saturated rings. The van der Waals surface area contributed by atoms with Crippen LogP contribution in [0.25, 0.3) is 0 Å². The Morgan fingerprint density at radius 3 is 2.90 bits per heavy atom. The van der Waals surface area contributed by atoms with Gasteiger partial charge in [-0.3, -0.25) is 4.79 Å². The molecule has 1 saturated heterocycles. The summed E-state index contributed by atoms with van der Waals surface area (Å²) in [5.74, 6) is 1.11. The topological polar surface area (TPSA) is 33.5 Å². The Kier molecular flexibility index (Phi) is 3.96. The van der Waals surface area contributed by atoms with Gasteiger partial charge in [-0.2, -0.15) is 0 Å². The molecule has 0 saturated carbocycles. The van der Waals surface area contributed by atoms with Crippen LogP contribution in [0.5, 0.6) is 0 Å². The molecule has 1 aromatic heterocycles. The lowest BCUT2D eigenvalue weighted by molar-refractivity contribution is 0.0728. The summed E-state index contributed by atoms with van der Waals surface area (Å²) in [7, 11) is 0. The Morgan fingerprint density at radius 2 is 2.20 bits per heavy atom. The molecular weight excluding hydrogens is 317 g/mol. The van der Waals surface area contributed by atoms with Gasteiger partial charge in [0.15, 0.2) is 5.76 Å². The normalized spacial score (nSPS) is 18.5. The van der Waals surface area contributed by atoms with Gasteiger partial charge in [0.1, 0.15) is 5.37 Å². The lowest BCUT2D eigenvalue weighted by atomic mass is 10.2. The number of benzene rings is 1. The van der Waals surface area contributed by atoms with E-state index in [1.165, 1.54) is 6.26 Å². The number of carbonyl (C=O) groups excluding carboxylic acids is 1.